The highest BCUT2D eigenvalue weighted by Crippen LogP contribution is 2.16. The molecule has 2 heterocycles. The van der Waals surface area contributed by atoms with Gasteiger partial charge in [0.15, 0.2) is 0 Å². The lowest BCUT2D eigenvalue weighted by atomic mass is 10.5. The molecule has 0 aliphatic heterocycles. The van der Waals surface area contributed by atoms with Crippen LogP contribution in [0.1, 0.15) is 0 Å². The summed E-state index contributed by atoms with van der Waals surface area (Å²) in [5.41, 5.74) is 0. The van der Waals surface area contributed by atoms with Crippen LogP contribution in [0.2, 0.25) is 0 Å². The minimum absolute atomic E-state index is 0.0508. The number of rotatable bonds is 3. The first-order valence-corrected chi connectivity index (χ1v) is 6.74. The number of aromatic nitrogens is 4. The zero-order valence-corrected chi connectivity index (χ0v) is 11.1. The molecule has 2 rings (SSSR count). The molecule has 7 nitrogen and oxygen atoms in total. The Kier molecular flexibility index (Phi) is 3.11. The number of aryl methyl sites for hydroxylation is 1. The Labute approximate surface area is 106 Å². The van der Waals surface area contributed by atoms with Crippen molar-refractivity contribution in [2.75, 3.05) is 4.72 Å². The Bertz CT molecular complexity index is 639. The van der Waals surface area contributed by atoms with Crippen LogP contribution in [0.3, 0.4) is 0 Å². The molecule has 0 saturated carbocycles. The number of hydrogen-bond acceptors (Lipinski definition) is 5. The maximum absolute atomic E-state index is 12.0. The lowest BCUT2D eigenvalue weighted by molar-refractivity contribution is 0.599. The van der Waals surface area contributed by atoms with Crippen LogP contribution in [0.25, 0.3) is 0 Å². The molecule has 0 saturated heterocycles. The van der Waals surface area contributed by atoms with Gasteiger partial charge in [-0.25, -0.2) is 17.8 Å². The van der Waals surface area contributed by atoms with Gasteiger partial charge in [-0.3, -0.25) is 4.98 Å². The third-order valence-corrected chi connectivity index (χ3v) is 3.66. The Morgan fingerprint density at radius 3 is 2.76 bits per heavy atom. The lowest BCUT2D eigenvalue weighted by Crippen LogP contribution is -2.16. The predicted molar refractivity (Wildman–Crippen MR) is 63.7 cm³/mol. The Balaban J connectivity index is 2.35. The minimum Gasteiger partial charge on any atom is -0.262 e. The Morgan fingerprint density at radius 1 is 1.41 bits per heavy atom. The molecule has 0 unspecified atom stereocenters. The molecule has 0 aliphatic rings. The van der Waals surface area contributed by atoms with Crippen molar-refractivity contribution in [2.24, 2.45) is 7.05 Å². The number of pyridine rings is 1. The van der Waals surface area contributed by atoms with E-state index in [1.54, 1.807) is 7.05 Å². The first kappa shape index (κ1) is 12.0. The highest BCUT2D eigenvalue weighted by atomic mass is 79.9. The number of hydrogen-bond donors (Lipinski definition) is 1. The Hall–Kier alpha value is -1.48. The van der Waals surface area contributed by atoms with Crippen LogP contribution in [-0.2, 0) is 17.1 Å². The van der Waals surface area contributed by atoms with Crippen molar-refractivity contribution in [1.82, 2.24) is 19.7 Å². The van der Waals surface area contributed by atoms with Gasteiger partial charge in [-0.05, 0) is 22.0 Å². The Morgan fingerprint density at radius 2 is 2.18 bits per heavy atom. The number of anilines is 1. The summed E-state index contributed by atoms with van der Waals surface area (Å²) in [5, 5.41) is 3.77. The number of nitrogens with one attached hydrogen (secondary N) is 1. The summed E-state index contributed by atoms with van der Waals surface area (Å²) in [7, 11) is -2.11. The van der Waals surface area contributed by atoms with Crippen molar-refractivity contribution >= 4 is 31.9 Å². The molecule has 9 heteroatoms. The van der Waals surface area contributed by atoms with E-state index < -0.39 is 10.0 Å². The molecule has 2 aromatic rings. The summed E-state index contributed by atoms with van der Waals surface area (Å²) >= 11 is 3.16. The van der Waals surface area contributed by atoms with E-state index in [4.69, 9.17) is 0 Å². The fraction of sp³-hybridized carbons (Fsp3) is 0.125. The van der Waals surface area contributed by atoms with Crippen LogP contribution in [0.5, 0.6) is 0 Å². The molecule has 0 radical (unpaired) electrons. The van der Waals surface area contributed by atoms with E-state index in [1.807, 2.05) is 0 Å². The summed E-state index contributed by atoms with van der Waals surface area (Å²) in [6.45, 7) is 0. The van der Waals surface area contributed by atoms with Crippen molar-refractivity contribution in [3.05, 3.63) is 29.3 Å². The molecule has 0 bridgehead atoms. The number of sulfonamides is 1. The molecule has 0 aliphatic carbocycles. The van der Waals surface area contributed by atoms with Crippen molar-refractivity contribution in [3.8, 4) is 0 Å². The fourth-order valence-corrected chi connectivity index (χ4v) is 2.65. The van der Waals surface area contributed by atoms with E-state index >= 15 is 0 Å². The van der Waals surface area contributed by atoms with Gasteiger partial charge < -0.3 is 0 Å². The van der Waals surface area contributed by atoms with Gasteiger partial charge in [0.2, 0.25) is 5.95 Å². The largest absolute Gasteiger partial charge is 0.265 e. The predicted octanol–water partition coefficient (Wildman–Crippen LogP) is 0.773. The van der Waals surface area contributed by atoms with Gasteiger partial charge in [-0.15, -0.1) is 0 Å². The van der Waals surface area contributed by atoms with Crippen LogP contribution in [0, 0.1) is 0 Å². The molecule has 1 N–H and O–H groups in total. The first-order valence-electron chi connectivity index (χ1n) is 4.46. The molecular weight excluding hydrogens is 310 g/mol. The van der Waals surface area contributed by atoms with Crippen LogP contribution in [-0.4, -0.2) is 28.2 Å². The smallest absolute Gasteiger partial charge is 0.262 e. The quantitative estimate of drug-likeness (QED) is 0.903. The highest BCUT2D eigenvalue weighted by Gasteiger charge is 2.17. The normalized spacial score (nSPS) is 11.4. The molecular formula is C8H8BrN5O2S. The zero-order valence-electron chi connectivity index (χ0n) is 8.70. The highest BCUT2D eigenvalue weighted by molar-refractivity contribution is 9.10. The maximum Gasteiger partial charge on any atom is 0.265 e. The van der Waals surface area contributed by atoms with Gasteiger partial charge >= 0.3 is 0 Å². The average Bonchev–Trinajstić information content (AvgIpc) is 2.64. The summed E-state index contributed by atoms with van der Waals surface area (Å²) in [5.74, 6) is 0.143. The summed E-state index contributed by atoms with van der Waals surface area (Å²) in [4.78, 5) is 7.62. The SMILES string of the molecule is Cn1ncnc1NS(=O)(=O)c1cncc(Br)c1. The van der Waals surface area contributed by atoms with Crippen LogP contribution < -0.4 is 4.72 Å². The third kappa shape index (κ3) is 2.61. The van der Waals surface area contributed by atoms with Gasteiger partial charge in [-0.1, -0.05) is 0 Å². The lowest BCUT2D eigenvalue weighted by Gasteiger charge is -2.06. The van der Waals surface area contributed by atoms with E-state index in [9.17, 15) is 8.42 Å². The van der Waals surface area contributed by atoms with Crippen molar-refractivity contribution in [2.45, 2.75) is 4.90 Å². The zero-order chi connectivity index (χ0) is 12.5. The first-order chi connectivity index (χ1) is 7.99. The molecule has 90 valence electrons. The molecule has 17 heavy (non-hydrogen) atoms. The van der Waals surface area contributed by atoms with E-state index in [1.165, 1.54) is 29.5 Å². The second-order valence-corrected chi connectivity index (χ2v) is 5.75. The van der Waals surface area contributed by atoms with Crippen LogP contribution in [0.4, 0.5) is 5.95 Å². The molecule has 0 atom stereocenters. The van der Waals surface area contributed by atoms with Gasteiger partial charge in [0.05, 0.1) is 0 Å². The van der Waals surface area contributed by atoms with Gasteiger partial charge in [0.1, 0.15) is 11.2 Å². The second-order valence-electron chi connectivity index (χ2n) is 3.15. The molecule has 2 aromatic heterocycles. The molecule has 0 fully saturated rings. The van der Waals surface area contributed by atoms with Gasteiger partial charge in [0.25, 0.3) is 10.0 Å². The summed E-state index contributed by atoms with van der Waals surface area (Å²) in [6.07, 6.45) is 4.02. The van der Waals surface area contributed by atoms with Gasteiger partial charge in [0, 0.05) is 23.9 Å². The van der Waals surface area contributed by atoms with E-state index in [-0.39, 0.29) is 10.8 Å². The molecule has 0 spiro atoms. The van der Waals surface area contributed by atoms with Gasteiger partial charge in [-0.2, -0.15) is 10.1 Å². The summed E-state index contributed by atoms with van der Waals surface area (Å²) in [6, 6.07) is 1.45. The maximum atomic E-state index is 12.0. The van der Waals surface area contributed by atoms with E-state index in [2.05, 4.69) is 35.7 Å². The van der Waals surface area contributed by atoms with Crippen LogP contribution in [0.15, 0.2) is 34.2 Å². The van der Waals surface area contributed by atoms with E-state index in [0.717, 1.165) is 0 Å². The number of halogens is 1. The summed E-state index contributed by atoms with van der Waals surface area (Å²) < 4.78 is 28.1. The molecule has 0 aromatic carbocycles. The average molecular weight is 318 g/mol. The fourth-order valence-electron chi connectivity index (χ4n) is 1.11. The minimum atomic E-state index is -3.69. The van der Waals surface area contributed by atoms with Crippen LogP contribution >= 0.6 is 15.9 Å². The third-order valence-electron chi connectivity index (χ3n) is 1.93. The van der Waals surface area contributed by atoms with Crippen molar-refractivity contribution < 1.29 is 8.42 Å². The monoisotopic (exact) mass is 317 g/mol. The van der Waals surface area contributed by atoms with Crippen molar-refractivity contribution in [3.63, 3.8) is 0 Å². The molecule has 0 amide bonds. The topological polar surface area (TPSA) is 89.8 Å². The van der Waals surface area contributed by atoms with Crippen molar-refractivity contribution in [1.29, 1.82) is 0 Å². The standard InChI is InChI=1S/C8H8BrN5O2S/c1-14-8(11-5-12-14)13-17(15,16)7-2-6(9)3-10-4-7/h2-5H,1H3,(H,11,12,13). The second kappa shape index (κ2) is 4.41. The van der Waals surface area contributed by atoms with E-state index in [0.29, 0.717) is 4.47 Å². The number of nitrogens with zero attached hydrogens (tertiary/aromatic N) is 4.